The Hall–Kier alpha value is -1.59. The highest BCUT2D eigenvalue weighted by molar-refractivity contribution is 5.71. The van der Waals surface area contributed by atoms with Crippen LogP contribution in [0.2, 0.25) is 0 Å². The third kappa shape index (κ3) is 50.1. The Kier molecular flexibility index (Phi) is 49.1. The molecule has 0 saturated carbocycles. The van der Waals surface area contributed by atoms with Gasteiger partial charge in [-0.3, -0.25) is 14.4 Å². The fourth-order valence-corrected chi connectivity index (χ4v) is 8.93. The van der Waals surface area contributed by atoms with E-state index in [0.717, 1.165) is 75.5 Å². The van der Waals surface area contributed by atoms with Gasteiger partial charge < -0.3 is 14.2 Å². The Morgan fingerprint density at radius 2 is 0.538 bits per heavy atom. The van der Waals surface area contributed by atoms with Crippen molar-refractivity contribution in [1.29, 1.82) is 0 Å². The van der Waals surface area contributed by atoms with Gasteiger partial charge in [0.2, 0.25) is 0 Å². The van der Waals surface area contributed by atoms with Gasteiger partial charge in [0.1, 0.15) is 13.2 Å². The minimum Gasteiger partial charge on any atom is -0.462 e. The van der Waals surface area contributed by atoms with Crippen LogP contribution in [0.5, 0.6) is 0 Å². The molecule has 0 heterocycles. The zero-order chi connectivity index (χ0) is 47.7. The first-order chi connectivity index (χ1) is 31.7. The van der Waals surface area contributed by atoms with Gasteiger partial charge in [0.25, 0.3) is 0 Å². The Morgan fingerprint density at radius 3 is 0.800 bits per heavy atom. The topological polar surface area (TPSA) is 78.9 Å². The second-order valence-electron chi connectivity index (χ2n) is 21.2. The van der Waals surface area contributed by atoms with Crippen LogP contribution < -0.4 is 0 Å². The van der Waals surface area contributed by atoms with Crippen molar-refractivity contribution >= 4 is 17.9 Å². The molecular weight excluding hydrogens is 805 g/mol. The van der Waals surface area contributed by atoms with Crippen LogP contribution >= 0.6 is 0 Å². The number of hydrogen-bond donors (Lipinski definition) is 0. The molecule has 3 atom stereocenters. The Labute approximate surface area is 406 Å². The second kappa shape index (κ2) is 50.3. The van der Waals surface area contributed by atoms with Crippen molar-refractivity contribution in [2.45, 2.75) is 330 Å². The van der Waals surface area contributed by atoms with Crippen molar-refractivity contribution < 1.29 is 28.6 Å². The van der Waals surface area contributed by atoms with E-state index in [9.17, 15) is 14.4 Å². The van der Waals surface area contributed by atoms with Crippen molar-refractivity contribution in [2.24, 2.45) is 17.8 Å². The van der Waals surface area contributed by atoms with E-state index in [1.54, 1.807) is 0 Å². The summed E-state index contributed by atoms with van der Waals surface area (Å²) < 4.78 is 16.9. The summed E-state index contributed by atoms with van der Waals surface area (Å²) in [5.41, 5.74) is 0. The van der Waals surface area contributed by atoms with Crippen LogP contribution in [-0.4, -0.2) is 37.2 Å². The van der Waals surface area contributed by atoms with Crippen LogP contribution in [0.25, 0.3) is 0 Å². The molecule has 0 N–H and O–H groups in total. The molecule has 6 nitrogen and oxygen atoms in total. The maximum absolute atomic E-state index is 12.8. The number of esters is 3. The Bertz CT molecular complexity index is 1010. The summed E-state index contributed by atoms with van der Waals surface area (Å²) in [7, 11) is 0. The standard InChI is InChI=1S/C59H114O6/c1-7-54(5)46-40-34-28-22-16-11-9-10-12-17-24-30-36-42-48-57(60)63-51-56(52-64-58(61)49-43-37-31-25-20-19-23-29-35-41-47-55(6)8-2)65-59(62)50-44-38-32-26-18-14-13-15-21-27-33-39-45-53(3)4/h53-56H,7-52H2,1-6H3/t54?,55?,56-/m0/s1. The van der Waals surface area contributed by atoms with E-state index in [4.69, 9.17) is 14.2 Å². The van der Waals surface area contributed by atoms with Gasteiger partial charge in [-0.25, -0.2) is 0 Å². The highest BCUT2D eigenvalue weighted by Crippen LogP contribution is 2.19. The van der Waals surface area contributed by atoms with Crippen LogP contribution in [0.15, 0.2) is 0 Å². The van der Waals surface area contributed by atoms with Crippen LogP contribution in [-0.2, 0) is 28.6 Å². The molecule has 6 heteroatoms. The lowest BCUT2D eigenvalue weighted by molar-refractivity contribution is -0.167. The molecular formula is C59H114O6. The third-order valence-electron chi connectivity index (χ3n) is 14.1. The normalized spacial score (nSPS) is 13.0. The predicted octanol–water partition coefficient (Wildman–Crippen LogP) is 19.1. The lowest BCUT2D eigenvalue weighted by atomic mass is 9.99. The van der Waals surface area contributed by atoms with Gasteiger partial charge in [-0.1, -0.05) is 286 Å². The van der Waals surface area contributed by atoms with Gasteiger partial charge in [-0.05, 0) is 37.0 Å². The van der Waals surface area contributed by atoms with E-state index in [2.05, 4.69) is 41.5 Å². The second-order valence-corrected chi connectivity index (χ2v) is 21.2. The van der Waals surface area contributed by atoms with Gasteiger partial charge in [0.15, 0.2) is 6.10 Å². The van der Waals surface area contributed by atoms with Crippen molar-refractivity contribution in [3.8, 4) is 0 Å². The van der Waals surface area contributed by atoms with Gasteiger partial charge in [0.05, 0.1) is 0 Å². The molecule has 0 rings (SSSR count). The molecule has 386 valence electrons. The molecule has 0 aliphatic rings. The molecule has 0 saturated heterocycles. The molecule has 0 fully saturated rings. The highest BCUT2D eigenvalue weighted by atomic mass is 16.6. The fraction of sp³-hybridized carbons (Fsp3) is 0.949. The number of ether oxygens (including phenoxy) is 3. The molecule has 0 bridgehead atoms. The molecule has 0 aromatic carbocycles. The molecule has 0 amide bonds. The van der Waals surface area contributed by atoms with Gasteiger partial charge in [-0.15, -0.1) is 0 Å². The zero-order valence-corrected chi connectivity index (χ0v) is 44.8. The first-order valence-corrected chi connectivity index (χ1v) is 29.2. The number of rotatable bonds is 52. The van der Waals surface area contributed by atoms with Gasteiger partial charge in [0, 0.05) is 19.3 Å². The third-order valence-corrected chi connectivity index (χ3v) is 14.1. The summed E-state index contributed by atoms with van der Waals surface area (Å²) in [6.07, 6.45) is 52.2. The van der Waals surface area contributed by atoms with Crippen molar-refractivity contribution in [1.82, 2.24) is 0 Å². The summed E-state index contributed by atoms with van der Waals surface area (Å²) in [5.74, 6) is 1.75. The fourth-order valence-electron chi connectivity index (χ4n) is 8.93. The average molecular weight is 920 g/mol. The largest absolute Gasteiger partial charge is 0.462 e. The summed E-state index contributed by atoms with van der Waals surface area (Å²) in [6, 6.07) is 0. The quantitative estimate of drug-likeness (QED) is 0.0344. The van der Waals surface area contributed by atoms with Crippen LogP contribution in [0.1, 0.15) is 324 Å². The minimum absolute atomic E-state index is 0.0636. The first-order valence-electron chi connectivity index (χ1n) is 29.2. The molecule has 2 unspecified atom stereocenters. The highest BCUT2D eigenvalue weighted by Gasteiger charge is 2.19. The monoisotopic (exact) mass is 919 g/mol. The van der Waals surface area contributed by atoms with E-state index in [0.29, 0.717) is 19.3 Å². The molecule has 0 aromatic rings. The van der Waals surface area contributed by atoms with E-state index in [-0.39, 0.29) is 31.1 Å². The number of hydrogen-bond acceptors (Lipinski definition) is 6. The maximum Gasteiger partial charge on any atom is 0.306 e. The number of unbranched alkanes of at least 4 members (excludes halogenated alkanes) is 33. The summed E-state index contributed by atoms with van der Waals surface area (Å²) >= 11 is 0. The van der Waals surface area contributed by atoms with Crippen LogP contribution in [0.3, 0.4) is 0 Å². The number of carbonyl (C=O) groups excluding carboxylic acids is 3. The lowest BCUT2D eigenvalue weighted by Gasteiger charge is -2.18. The van der Waals surface area contributed by atoms with E-state index in [1.165, 1.54) is 205 Å². The van der Waals surface area contributed by atoms with Gasteiger partial charge in [-0.2, -0.15) is 0 Å². The Balaban J connectivity index is 4.31. The minimum atomic E-state index is -0.764. The molecule has 0 aromatic heterocycles. The first kappa shape index (κ1) is 63.4. The molecule has 65 heavy (non-hydrogen) atoms. The van der Waals surface area contributed by atoms with Gasteiger partial charge >= 0.3 is 17.9 Å². The molecule has 0 aliphatic heterocycles. The van der Waals surface area contributed by atoms with Crippen LogP contribution in [0, 0.1) is 17.8 Å². The maximum atomic E-state index is 12.8. The summed E-state index contributed by atoms with van der Waals surface area (Å²) in [6.45, 7) is 13.8. The lowest BCUT2D eigenvalue weighted by Crippen LogP contribution is -2.30. The van der Waals surface area contributed by atoms with E-state index in [1.807, 2.05) is 0 Å². The SMILES string of the molecule is CCC(C)CCCCCCCCCCCCCCCCC(=O)OC[C@@H](COC(=O)CCCCCCCCCCCCC(C)CC)OC(=O)CCCCCCCCCCCCCCC(C)C. The molecule has 0 spiro atoms. The van der Waals surface area contributed by atoms with Crippen molar-refractivity contribution in [2.75, 3.05) is 13.2 Å². The summed E-state index contributed by atoms with van der Waals surface area (Å²) in [4.78, 5) is 38.2. The van der Waals surface area contributed by atoms with Crippen LogP contribution in [0.4, 0.5) is 0 Å². The van der Waals surface area contributed by atoms with E-state index >= 15 is 0 Å². The number of carbonyl (C=O) groups is 3. The van der Waals surface area contributed by atoms with Crippen molar-refractivity contribution in [3.05, 3.63) is 0 Å². The average Bonchev–Trinajstić information content (AvgIpc) is 3.29. The molecule has 0 radical (unpaired) electrons. The Morgan fingerprint density at radius 1 is 0.308 bits per heavy atom. The predicted molar refractivity (Wildman–Crippen MR) is 279 cm³/mol. The smallest absolute Gasteiger partial charge is 0.306 e. The molecule has 0 aliphatic carbocycles. The zero-order valence-electron chi connectivity index (χ0n) is 44.8. The summed E-state index contributed by atoms with van der Waals surface area (Å²) in [5, 5.41) is 0. The van der Waals surface area contributed by atoms with E-state index < -0.39 is 6.10 Å². The van der Waals surface area contributed by atoms with Crippen molar-refractivity contribution in [3.63, 3.8) is 0 Å².